The molecule has 2 rings (SSSR count). The zero-order chi connectivity index (χ0) is 13.8. The number of amides is 1. The second-order valence-corrected chi connectivity index (χ2v) is 6.02. The molecule has 1 heterocycles. The maximum absolute atomic E-state index is 12.0. The van der Waals surface area contributed by atoms with Crippen LogP contribution in [0.2, 0.25) is 5.02 Å². The van der Waals surface area contributed by atoms with Gasteiger partial charge in [0.25, 0.3) is 5.91 Å². The van der Waals surface area contributed by atoms with E-state index in [0.29, 0.717) is 16.4 Å². The molecule has 0 radical (unpaired) electrons. The van der Waals surface area contributed by atoms with Gasteiger partial charge in [-0.25, -0.2) is 0 Å². The van der Waals surface area contributed by atoms with Crippen molar-refractivity contribution >= 4 is 44.8 Å². The van der Waals surface area contributed by atoms with Gasteiger partial charge in [0.05, 0.1) is 5.02 Å². The first-order chi connectivity index (χ1) is 9.11. The second-order valence-electron chi connectivity index (χ2n) is 4.20. The molecular formula is C14H13BrClNOS. The fourth-order valence-corrected chi connectivity index (χ4v) is 3.21. The number of alkyl halides is 1. The number of carbonyl (C=O) groups is 1. The predicted molar refractivity (Wildman–Crippen MR) is 84.3 cm³/mol. The van der Waals surface area contributed by atoms with Crippen molar-refractivity contribution in [3.8, 4) is 0 Å². The lowest BCUT2D eigenvalue weighted by Gasteiger charge is -2.06. The minimum Gasteiger partial charge on any atom is -0.347 e. The van der Waals surface area contributed by atoms with Crippen LogP contribution in [0.1, 0.15) is 26.4 Å². The van der Waals surface area contributed by atoms with Crippen molar-refractivity contribution < 1.29 is 4.79 Å². The highest BCUT2D eigenvalue weighted by atomic mass is 79.9. The molecule has 1 aromatic carbocycles. The predicted octanol–water partition coefficient (Wildman–Crippen LogP) is 4.53. The number of hydrogen-bond acceptors (Lipinski definition) is 2. The lowest BCUT2D eigenvalue weighted by molar-refractivity contribution is 0.0955. The Hall–Kier alpha value is -0.840. The number of rotatable bonds is 4. The number of carbonyl (C=O) groups excluding carboxylic acids is 1. The molecule has 100 valence electrons. The van der Waals surface area contributed by atoms with E-state index in [1.165, 1.54) is 16.9 Å². The lowest BCUT2D eigenvalue weighted by Crippen LogP contribution is -2.22. The van der Waals surface area contributed by atoms with Gasteiger partial charge in [0.15, 0.2) is 0 Å². The van der Waals surface area contributed by atoms with Gasteiger partial charge in [-0.05, 0) is 29.0 Å². The molecule has 0 unspecified atom stereocenters. The molecule has 0 aliphatic carbocycles. The van der Waals surface area contributed by atoms with Gasteiger partial charge in [-0.1, -0.05) is 51.8 Å². The summed E-state index contributed by atoms with van der Waals surface area (Å²) in [6.45, 7) is 2.40. The second kappa shape index (κ2) is 6.55. The van der Waals surface area contributed by atoms with Crippen LogP contribution in [0.5, 0.6) is 0 Å². The molecular weight excluding hydrogens is 346 g/mol. The number of benzene rings is 1. The molecule has 0 saturated carbocycles. The molecule has 1 N–H and O–H groups in total. The summed E-state index contributed by atoms with van der Waals surface area (Å²) in [6, 6.07) is 8.09. The number of halogens is 2. The molecule has 2 nitrogen and oxygen atoms in total. The van der Waals surface area contributed by atoms with Crippen molar-refractivity contribution in [2.75, 3.05) is 0 Å². The zero-order valence-corrected chi connectivity index (χ0v) is 13.5. The Morgan fingerprint density at radius 3 is 2.79 bits per heavy atom. The van der Waals surface area contributed by atoms with Gasteiger partial charge in [-0.15, -0.1) is 11.3 Å². The van der Waals surface area contributed by atoms with Gasteiger partial charge < -0.3 is 5.32 Å². The number of hydrogen-bond donors (Lipinski definition) is 1. The summed E-state index contributed by atoms with van der Waals surface area (Å²) in [4.78, 5) is 12.6. The Morgan fingerprint density at radius 2 is 2.16 bits per heavy atom. The first-order valence-electron chi connectivity index (χ1n) is 5.77. The average molecular weight is 359 g/mol. The summed E-state index contributed by atoms with van der Waals surface area (Å²) >= 11 is 10.9. The summed E-state index contributed by atoms with van der Waals surface area (Å²) in [6.07, 6.45) is 0. The minimum atomic E-state index is -0.118. The van der Waals surface area contributed by atoms with Crippen molar-refractivity contribution in [3.63, 3.8) is 0 Å². The molecule has 1 amide bonds. The van der Waals surface area contributed by atoms with Gasteiger partial charge >= 0.3 is 0 Å². The number of nitrogens with one attached hydrogen (secondary N) is 1. The van der Waals surface area contributed by atoms with Gasteiger partial charge in [-0.2, -0.15) is 0 Å². The summed E-state index contributed by atoms with van der Waals surface area (Å²) in [5.74, 6) is -0.118. The molecule has 0 bridgehead atoms. The Labute approximate surface area is 129 Å². The highest BCUT2D eigenvalue weighted by Crippen LogP contribution is 2.26. The van der Waals surface area contributed by atoms with Gasteiger partial charge in [0.1, 0.15) is 4.88 Å². The van der Waals surface area contributed by atoms with Gasteiger partial charge in [-0.3, -0.25) is 4.79 Å². The Kier molecular flexibility index (Phi) is 5.02. The van der Waals surface area contributed by atoms with Crippen LogP contribution in [0.3, 0.4) is 0 Å². The first kappa shape index (κ1) is 14.6. The first-order valence-corrected chi connectivity index (χ1v) is 8.15. The standard InChI is InChI=1S/C14H13BrClNOS/c1-9-8-19-13(12(9)16)14(18)17-7-11-4-2-3-10(5-11)6-15/h2-5,8H,6-7H2,1H3,(H,17,18). The highest BCUT2D eigenvalue weighted by molar-refractivity contribution is 9.08. The number of aryl methyl sites for hydroxylation is 1. The van der Waals surface area contributed by atoms with E-state index in [4.69, 9.17) is 11.6 Å². The Bertz CT molecular complexity index is 597. The lowest BCUT2D eigenvalue weighted by atomic mass is 10.1. The maximum atomic E-state index is 12.0. The van der Waals surface area contributed by atoms with Crippen LogP contribution in [-0.4, -0.2) is 5.91 Å². The van der Waals surface area contributed by atoms with Crippen LogP contribution >= 0.6 is 38.9 Å². The van der Waals surface area contributed by atoms with E-state index in [2.05, 4.69) is 27.3 Å². The quantitative estimate of drug-likeness (QED) is 0.799. The Morgan fingerprint density at radius 1 is 1.42 bits per heavy atom. The van der Waals surface area contributed by atoms with E-state index in [0.717, 1.165) is 16.5 Å². The van der Waals surface area contributed by atoms with E-state index in [1.807, 2.05) is 30.5 Å². The fourth-order valence-electron chi connectivity index (χ4n) is 1.67. The van der Waals surface area contributed by atoms with Gasteiger partial charge in [0.2, 0.25) is 0 Å². The SMILES string of the molecule is Cc1csc(C(=O)NCc2cccc(CBr)c2)c1Cl. The van der Waals surface area contributed by atoms with Crippen LogP contribution in [0.4, 0.5) is 0 Å². The van der Waals surface area contributed by atoms with Crippen LogP contribution in [0.25, 0.3) is 0 Å². The molecule has 19 heavy (non-hydrogen) atoms. The average Bonchev–Trinajstić information content (AvgIpc) is 2.77. The van der Waals surface area contributed by atoms with Crippen LogP contribution in [-0.2, 0) is 11.9 Å². The molecule has 0 saturated heterocycles. The number of thiophene rings is 1. The third-order valence-corrected chi connectivity index (χ3v) is 5.05. The van der Waals surface area contributed by atoms with E-state index in [-0.39, 0.29) is 5.91 Å². The molecule has 0 aliphatic rings. The summed E-state index contributed by atoms with van der Waals surface area (Å²) in [7, 11) is 0. The highest BCUT2D eigenvalue weighted by Gasteiger charge is 2.14. The summed E-state index contributed by atoms with van der Waals surface area (Å²) < 4.78 is 0. The third-order valence-electron chi connectivity index (χ3n) is 2.70. The smallest absolute Gasteiger partial charge is 0.263 e. The maximum Gasteiger partial charge on any atom is 0.263 e. The van der Waals surface area contributed by atoms with Crippen LogP contribution < -0.4 is 5.32 Å². The van der Waals surface area contributed by atoms with Crippen molar-refractivity contribution in [3.05, 3.63) is 56.2 Å². The largest absolute Gasteiger partial charge is 0.347 e. The molecule has 0 spiro atoms. The van der Waals surface area contributed by atoms with E-state index < -0.39 is 0 Å². The monoisotopic (exact) mass is 357 g/mol. The molecule has 1 aromatic heterocycles. The summed E-state index contributed by atoms with van der Waals surface area (Å²) in [5, 5.41) is 6.15. The molecule has 0 atom stereocenters. The van der Waals surface area contributed by atoms with E-state index in [9.17, 15) is 4.79 Å². The normalized spacial score (nSPS) is 10.5. The van der Waals surface area contributed by atoms with Crippen molar-refractivity contribution in [2.45, 2.75) is 18.8 Å². The van der Waals surface area contributed by atoms with E-state index >= 15 is 0 Å². The van der Waals surface area contributed by atoms with E-state index in [1.54, 1.807) is 0 Å². The zero-order valence-electron chi connectivity index (χ0n) is 10.4. The van der Waals surface area contributed by atoms with Crippen molar-refractivity contribution in [1.29, 1.82) is 0 Å². The third kappa shape index (κ3) is 3.59. The van der Waals surface area contributed by atoms with Crippen LogP contribution in [0, 0.1) is 6.92 Å². The molecule has 0 fully saturated rings. The van der Waals surface area contributed by atoms with Crippen molar-refractivity contribution in [2.24, 2.45) is 0 Å². The topological polar surface area (TPSA) is 29.1 Å². The van der Waals surface area contributed by atoms with Gasteiger partial charge in [0, 0.05) is 11.9 Å². The fraction of sp³-hybridized carbons (Fsp3) is 0.214. The minimum absolute atomic E-state index is 0.118. The molecule has 5 heteroatoms. The van der Waals surface area contributed by atoms with Crippen LogP contribution in [0.15, 0.2) is 29.6 Å². The molecule has 0 aliphatic heterocycles. The summed E-state index contributed by atoms with van der Waals surface area (Å²) in [5.41, 5.74) is 3.21. The molecule has 2 aromatic rings. The van der Waals surface area contributed by atoms with Crippen molar-refractivity contribution in [1.82, 2.24) is 5.32 Å². The Balaban J connectivity index is 2.02.